The van der Waals surface area contributed by atoms with Crippen LogP contribution in [-0.4, -0.2) is 6.54 Å². The molecule has 0 rings (SSSR count). The van der Waals surface area contributed by atoms with Crippen LogP contribution < -0.4 is 58.2 Å². The van der Waals surface area contributed by atoms with Crippen molar-refractivity contribution in [2.75, 3.05) is 6.54 Å². The Balaban J connectivity index is -0.0000000480. The molecule has 0 radical (unpaired) electrons. The predicted octanol–water partition coefficient (Wildman–Crippen LogP) is -1.41. The zero-order valence-electron chi connectivity index (χ0n) is 5.15. The quantitative estimate of drug-likeness (QED) is 0.412. The molecule has 0 fully saturated rings. The summed E-state index contributed by atoms with van der Waals surface area (Å²) in [5.74, 6) is 0. The van der Waals surface area contributed by atoms with Gasteiger partial charge in [0, 0.05) is 6.07 Å². The molecule has 0 bridgehead atoms. The second-order valence-electron chi connectivity index (χ2n) is 0.335. The minimum Gasteiger partial charge on any atom is -0.665 e. The van der Waals surface area contributed by atoms with Gasteiger partial charge in [-0.25, -0.2) is 5.26 Å². The summed E-state index contributed by atoms with van der Waals surface area (Å²) in [6, 6.07) is 1.60. The smallest absolute Gasteiger partial charge is 0.665 e. The first-order valence-electron chi connectivity index (χ1n) is 1.93. The second kappa shape index (κ2) is 26.8. The van der Waals surface area contributed by atoms with Gasteiger partial charge in [-0.2, -0.15) is 0 Å². The summed E-state index contributed by atoms with van der Waals surface area (Å²) in [6.07, 6.45) is 0. The van der Waals surface area contributed by atoms with E-state index in [9.17, 15) is 0 Å². The maximum absolute atomic E-state index is 7.44. The van der Waals surface area contributed by atoms with Crippen molar-refractivity contribution in [3.8, 4) is 6.07 Å². The van der Waals surface area contributed by atoms with Crippen molar-refractivity contribution in [1.82, 2.24) is 0 Å². The molecule has 36 valence electrons. The summed E-state index contributed by atoms with van der Waals surface area (Å²) >= 11 is 0. The van der Waals surface area contributed by atoms with Gasteiger partial charge in [0.05, 0.1) is 0 Å². The van der Waals surface area contributed by atoms with Gasteiger partial charge < -0.3 is 5.73 Å². The van der Waals surface area contributed by atoms with Crippen molar-refractivity contribution in [1.29, 1.82) is 5.26 Å². The molecule has 0 spiro atoms. The van der Waals surface area contributed by atoms with E-state index >= 15 is 0 Å². The Labute approximate surface area is 93.9 Å². The molecule has 0 amide bonds. The first-order chi connectivity index (χ1) is 2.91. The van der Waals surface area contributed by atoms with E-state index in [1.165, 1.54) is 0 Å². The van der Waals surface area contributed by atoms with Crippen molar-refractivity contribution in [2.45, 2.75) is 13.8 Å². The number of nitrogens with zero attached hydrogens (tertiary/aromatic N) is 1. The van der Waals surface area contributed by atoms with Gasteiger partial charge in [0.15, 0.2) is 0 Å². The molecule has 0 unspecified atom stereocenters. The molecule has 0 saturated heterocycles. The van der Waals surface area contributed by atoms with Crippen LogP contribution in [0.15, 0.2) is 0 Å². The summed E-state index contributed by atoms with van der Waals surface area (Å²) in [7, 11) is 0. The molecule has 0 aromatic heterocycles. The number of rotatable bonds is 0. The normalized spacial score (nSPS) is 3.71. The summed E-state index contributed by atoms with van der Waals surface area (Å²) in [6.45, 7) is 3.88. The Kier molecular flexibility index (Phi) is 60.2. The molecule has 3 heteroatoms. The zero-order valence-corrected chi connectivity index (χ0v) is 10.1. The molecule has 0 aromatic rings. The molecule has 7 heavy (non-hydrogen) atoms. The fourth-order valence-electron chi connectivity index (χ4n) is 0. The first-order valence-corrected chi connectivity index (χ1v) is 1.93. The minimum absolute atomic E-state index is 0. The standard InChI is InChI=1S/C2H3N2.C2H6.Rb/c3-1-2-4;1-2;/h3H,1H2;1-2H3;/q-1;;+1. The van der Waals surface area contributed by atoms with Gasteiger partial charge in [0.25, 0.3) is 0 Å². The maximum Gasteiger partial charge on any atom is 1.00 e. The maximum atomic E-state index is 7.44. The van der Waals surface area contributed by atoms with E-state index in [4.69, 9.17) is 11.0 Å². The van der Waals surface area contributed by atoms with Crippen molar-refractivity contribution >= 4 is 0 Å². The van der Waals surface area contributed by atoms with Crippen LogP contribution in [0.3, 0.4) is 0 Å². The molecule has 0 saturated carbocycles. The topological polar surface area (TPSA) is 47.6 Å². The van der Waals surface area contributed by atoms with Crippen molar-refractivity contribution < 1.29 is 58.2 Å². The van der Waals surface area contributed by atoms with Crippen LogP contribution in [0.25, 0.3) is 5.73 Å². The van der Waals surface area contributed by atoms with Gasteiger partial charge in [-0.3, -0.25) is 0 Å². The summed E-state index contributed by atoms with van der Waals surface area (Å²) in [4.78, 5) is 0. The largest absolute Gasteiger partial charge is 1.00 e. The van der Waals surface area contributed by atoms with Gasteiger partial charge in [-0.1, -0.05) is 20.4 Å². The molecule has 0 aliphatic heterocycles. The Hall–Kier alpha value is 1.26. The third kappa shape index (κ3) is 39.4. The molecule has 1 N–H and O–H groups in total. The fourth-order valence-corrected chi connectivity index (χ4v) is 0. The van der Waals surface area contributed by atoms with Crippen LogP contribution >= 0.6 is 0 Å². The molecule has 0 aromatic carbocycles. The summed E-state index contributed by atoms with van der Waals surface area (Å²) < 4.78 is 0. The molecule has 0 aliphatic carbocycles. The van der Waals surface area contributed by atoms with E-state index < -0.39 is 0 Å². The monoisotopic (exact) mass is 170 g/mol. The van der Waals surface area contributed by atoms with Gasteiger partial charge in [0.1, 0.15) is 0 Å². The fraction of sp³-hybridized carbons (Fsp3) is 0.750. The predicted molar refractivity (Wildman–Crippen MR) is 26.1 cm³/mol. The van der Waals surface area contributed by atoms with E-state index in [1.807, 2.05) is 13.8 Å². The Morgan fingerprint density at radius 2 is 1.71 bits per heavy atom. The van der Waals surface area contributed by atoms with E-state index in [2.05, 4.69) is 0 Å². The van der Waals surface area contributed by atoms with E-state index in [-0.39, 0.29) is 64.7 Å². The second-order valence-corrected chi connectivity index (χ2v) is 0.335. The van der Waals surface area contributed by atoms with Crippen LogP contribution in [0, 0.1) is 11.3 Å². The van der Waals surface area contributed by atoms with Crippen molar-refractivity contribution in [3.05, 3.63) is 5.73 Å². The number of nitriles is 1. The summed E-state index contributed by atoms with van der Waals surface area (Å²) in [5, 5.41) is 7.44. The number of nitrogens with one attached hydrogen (secondary N) is 1. The van der Waals surface area contributed by atoms with Gasteiger partial charge >= 0.3 is 58.2 Å². The van der Waals surface area contributed by atoms with Crippen LogP contribution in [0.4, 0.5) is 0 Å². The van der Waals surface area contributed by atoms with E-state index in [0.29, 0.717) is 0 Å². The van der Waals surface area contributed by atoms with Gasteiger partial charge in [-0.15, -0.1) is 0 Å². The SMILES string of the molecule is CC.N#CC[NH-].[Rb+]. The average Bonchev–Trinajstić information content (AvgIpc) is 1.72. The van der Waals surface area contributed by atoms with E-state index in [1.54, 1.807) is 6.07 Å². The molecule has 0 aliphatic rings. The van der Waals surface area contributed by atoms with Crippen molar-refractivity contribution in [3.63, 3.8) is 0 Å². The molecular formula is C4H9N2Rb. The molecule has 2 nitrogen and oxygen atoms in total. The minimum atomic E-state index is -0.125. The van der Waals surface area contributed by atoms with Crippen LogP contribution in [0.5, 0.6) is 0 Å². The third-order valence-electron chi connectivity index (χ3n) is 0.0791. The number of hydrogen-bond donors (Lipinski definition) is 0. The van der Waals surface area contributed by atoms with Crippen molar-refractivity contribution in [2.24, 2.45) is 0 Å². The molecule has 0 atom stereocenters. The van der Waals surface area contributed by atoms with Gasteiger partial charge in [0.2, 0.25) is 0 Å². The van der Waals surface area contributed by atoms with Crippen LogP contribution in [-0.2, 0) is 0 Å². The Bertz CT molecular complexity index is 39.4. The van der Waals surface area contributed by atoms with Gasteiger partial charge in [-0.05, 0) is 0 Å². The van der Waals surface area contributed by atoms with E-state index in [0.717, 1.165) is 0 Å². The molecule has 0 heterocycles. The number of hydrogen-bond acceptors (Lipinski definition) is 1. The first kappa shape index (κ1) is 15.7. The third-order valence-corrected chi connectivity index (χ3v) is 0.0791. The van der Waals surface area contributed by atoms with Crippen LogP contribution in [0.2, 0.25) is 0 Å². The average molecular weight is 171 g/mol. The Morgan fingerprint density at radius 1 is 1.57 bits per heavy atom. The summed E-state index contributed by atoms with van der Waals surface area (Å²) in [5.41, 5.74) is 6.09. The Morgan fingerprint density at radius 3 is 1.71 bits per heavy atom. The molecular weight excluding hydrogens is 162 g/mol. The zero-order chi connectivity index (χ0) is 5.41. The van der Waals surface area contributed by atoms with Crippen LogP contribution in [0.1, 0.15) is 13.8 Å².